The van der Waals surface area contributed by atoms with Crippen molar-refractivity contribution >= 4 is 22.9 Å². The van der Waals surface area contributed by atoms with E-state index in [1.807, 2.05) is 19.1 Å². The van der Waals surface area contributed by atoms with Crippen LogP contribution in [0.4, 0.5) is 0 Å². The molecule has 156 valence electrons. The van der Waals surface area contributed by atoms with Gasteiger partial charge in [0.1, 0.15) is 28.7 Å². The van der Waals surface area contributed by atoms with E-state index in [0.717, 1.165) is 5.56 Å². The molecule has 3 rings (SSSR count). The molecule has 0 saturated carbocycles. The van der Waals surface area contributed by atoms with Gasteiger partial charge in [-0.1, -0.05) is 29.8 Å². The van der Waals surface area contributed by atoms with Crippen molar-refractivity contribution in [3.8, 4) is 22.6 Å². The number of hydrogen-bond acceptors (Lipinski definition) is 6. The van der Waals surface area contributed by atoms with E-state index < -0.39 is 29.6 Å². The number of carbonyl (C=O) groups is 2. The lowest BCUT2D eigenvalue weighted by molar-refractivity contribution is -0.144. The van der Waals surface area contributed by atoms with Crippen LogP contribution in [0.25, 0.3) is 22.1 Å². The molecule has 0 aliphatic carbocycles. The Morgan fingerprint density at radius 2 is 1.57 bits per heavy atom. The third kappa shape index (κ3) is 4.27. The number of rotatable bonds is 7. The molecule has 0 saturated heterocycles. The standard InChI is InChI=1S/C22H20O8/c1-11-4-6-14(7-5-11)16-10-28-17-8-15(29-12(2)21(24)25)9-18(19(17)20(16)23)30-13(3)22(26)27/h4-10,12-13H,1-3H3,(H,24,25)(H,26,27). The summed E-state index contributed by atoms with van der Waals surface area (Å²) in [4.78, 5) is 35.6. The zero-order chi connectivity index (χ0) is 22.0. The van der Waals surface area contributed by atoms with E-state index in [1.165, 1.54) is 32.2 Å². The van der Waals surface area contributed by atoms with Crippen LogP contribution in [-0.2, 0) is 9.59 Å². The predicted octanol–water partition coefficient (Wildman–Crippen LogP) is 3.47. The Hall–Kier alpha value is -3.81. The number of ether oxygens (including phenoxy) is 2. The molecule has 0 spiro atoms. The van der Waals surface area contributed by atoms with Gasteiger partial charge in [-0.05, 0) is 26.3 Å². The molecule has 0 fully saturated rings. The van der Waals surface area contributed by atoms with E-state index in [4.69, 9.17) is 19.0 Å². The summed E-state index contributed by atoms with van der Waals surface area (Å²) in [7, 11) is 0. The van der Waals surface area contributed by atoms with E-state index in [-0.39, 0.29) is 28.0 Å². The maximum atomic E-state index is 13.2. The van der Waals surface area contributed by atoms with Gasteiger partial charge >= 0.3 is 11.9 Å². The van der Waals surface area contributed by atoms with Gasteiger partial charge in [0.05, 0.1) is 5.56 Å². The van der Waals surface area contributed by atoms with E-state index in [0.29, 0.717) is 5.56 Å². The highest BCUT2D eigenvalue weighted by Crippen LogP contribution is 2.32. The largest absolute Gasteiger partial charge is 0.479 e. The quantitative estimate of drug-likeness (QED) is 0.605. The molecule has 8 heteroatoms. The molecule has 0 aliphatic heterocycles. The Kier molecular flexibility index (Phi) is 5.77. The molecule has 2 atom stereocenters. The molecule has 2 N–H and O–H groups in total. The Morgan fingerprint density at radius 1 is 0.967 bits per heavy atom. The summed E-state index contributed by atoms with van der Waals surface area (Å²) in [6.07, 6.45) is -1.14. The number of fused-ring (bicyclic) bond motifs is 1. The maximum absolute atomic E-state index is 13.2. The molecule has 1 aromatic heterocycles. The van der Waals surface area contributed by atoms with Crippen molar-refractivity contribution in [2.24, 2.45) is 0 Å². The molecule has 0 amide bonds. The van der Waals surface area contributed by atoms with E-state index >= 15 is 0 Å². The first-order valence-electron chi connectivity index (χ1n) is 9.13. The highest BCUT2D eigenvalue weighted by molar-refractivity contribution is 5.89. The van der Waals surface area contributed by atoms with Gasteiger partial charge in [0.2, 0.25) is 5.43 Å². The Labute approximate surface area is 171 Å². The predicted molar refractivity (Wildman–Crippen MR) is 108 cm³/mol. The monoisotopic (exact) mass is 412 g/mol. The molecule has 0 aliphatic rings. The van der Waals surface area contributed by atoms with Crippen LogP contribution in [0.15, 0.2) is 51.9 Å². The van der Waals surface area contributed by atoms with Crippen molar-refractivity contribution in [1.82, 2.24) is 0 Å². The van der Waals surface area contributed by atoms with Crippen molar-refractivity contribution in [2.45, 2.75) is 33.0 Å². The topological polar surface area (TPSA) is 123 Å². The molecular formula is C22H20O8. The number of carboxylic acid groups (broad SMARTS) is 2. The lowest BCUT2D eigenvalue weighted by atomic mass is 10.0. The zero-order valence-corrected chi connectivity index (χ0v) is 16.5. The van der Waals surface area contributed by atoms with Gasteiger partial charge in [-0.2, -0.15) is 0 Å². The fourth-order valence-electron chi connectivity index (χ4n) is 2.78. The zero-order valence-electron chi connectivity index (χ0n) is 16.5. The molecular weight excluding hydrogens is 392 g/mol. The lowest BCUT2D eigenvalue weighted by Crippen LogP contribution is -2.24. The first kappa shape index (κ1) is 20.9. The first-order chi connectivity index (χ1) is 14.2. The van der Waals surface area contributed by atoms with Gasteiger partial charge in [0.25, 0.3) is 0 Å². The van der Waals surface area contributed by atoms with Crippen LogP contribution < -0.4 is 14.9 Å². The number of hydrogen-bond donors (Lipinski definition) is 2. The molecule has 0 bridgehead atoms. The second kappa shape index (κ2) is 8.28. The highest BCUT2D eigenvalue weighted by atomic mass is 16.5. The average molecular weight is 412 g/mol. The van der Waals surface area contributed by atoms with Crippen LogP contribution in [-0.4, -0.2) is 34.4 Å². The summed E-state index contributed by atoms with van der Waals surface area (Å²) in [5.41, 5.74) is 1.61. The third-order valence-electron chi connectivity index (χ3n) is 4.49. The minimum Gasteiger partial charge on any atom is -0.479 e. The fourth-order valence-corrected chi connectivity index (χ4v) is 2.78. The highest BCUT2D eigenvalue weighted by Gasteiger charge is 2.21. The second-order valence-electron chi connectivity index (χ2n) is 6.84. The summed E-state index contributed by atoms with van der Waals surface area (Å²) < 4.78 is 16.4. The minimum absolute atomic E-state index is 0.0384. The summed E-state index contributed by atoms with van der Waals surface area (Å²) >= 11 is 0. The van der Waals surface area contributed by atoms with Crippen molar-refractivity contribution in [3.05, 3.63) is 58.4 Å². The minimum atomic E-state index is -1.26. The molecule has 2 aromatic carbocycles. The molecule has 1 heterocycles. The van der Waals surface area contributed by atoms with E-state index in [1.54, 1.807) is 12.1 Å². The molecule has 30 heavy (non-hydrogen) atoms. The van der Waals surface area contributed by atoms with Crippen LogP contribution in [0.3, 0.4) is 0 Å². The third-order valence-corrected chi connectivity index (χ3v) is 4.49. The summed E-state index contributed by atoms with van der Waals surface area (Å²) in [5, 5.41) is 18.3. The van der Waals surface area contributed by atoms with Crippen LogP contribution in [0.5, 0.6) is 11.5 Å². The van der Waals surface area contributed by atoms with Gasteiger partial charge in [-0.3, -0.25) is 4.79 Å². The number of aryl methyl sites for hydroxylation is 1. The Balaban J connectivity index is 2.19. The number of carboxylic acids is 2. The summed E-state index contributed by atoms with van der Waals surface area (Å²) in [6.45, 7) is 4.57. The van der Waals surface area contributed by atoms with Crippen LogP contribution in [0.1, 0.15) is 19.4 Å². The van der Waals surface area contributed by atoms with Crippen molar-refractivity contribution in [2.75, 3.05) is 0 Å². The van der Waals surface area contributed by atoms with Gasteiger partial charge in [0.15, 0.2) is 12.2 Å². The number of aliphatic carboxylic acids is 2. The lowest BCUT2D eigenvalue weighted by Gasteiger charge is -2.16. The molecule has 8 nitrogen and oxygen atoms in total. The maximum Gasteiger partial charge on any atom is 0.344 e. The SMILES string of the molecule is Cc1ccc(-c2coc3cc(OC(C)C(=O)O)cc(OC(C)C(=O)O)c3c2=O)cc1. The van der Waals surface area contributed by atoms with Crippen LogP contribution in [0, 0.1) is 6.92 Å². The summed E-state index contributed by atoms with van der Waals surface area (Å²) in [6, 6.07) is 9.92. The van der Waals surface area contributed by atoms with Gasteiger partial charge in [0, 0.05) is 12.1 Å². The first-order valence-corrected chi connectivity index (χ1v) is 9.13. The molecule has 3 aromatic rings. The van der Waals surface area contributed by atoms with Gasteiger partial charge in [-0.25, -0.2) is 9.59 Å². The van der Waals surface area contributed by atoms with Crippen molar-refractivity contribution in [1.29, 1.82) is 0 Å². The fraction of sp³-hybridized carbons (Fsp3) is 0.227. The second-order valence-corrected chi connectivity index (χ2v) is 6.84. The molecule has 2 unspecified atom stereocenters. The Morgan fingerprint density at radius 3 is 2.17 bits per heavy atom. The smallest absolute Gasteiger partial charge is 0.344 e. The summed E-state index contributed by atoms with van der Waals surface area (Å²) in [5.74, 6) is -2.42. The van der Waals surface area contributed by atoms with Crippen molar-refractivity contribution < 1.29 is 33.7 Å². The van der Waals surface area contributed by atoms with Crippen molar-refractivity contribution in [3.63, 3.8) is 0 Å². The number of benzene rings is 2. The van der Waals surface area contributed by atoms with Gasteiger partial charge in [-0.15, -0.1) is 0 Å². The van der Waals surface area contributed by atoms with Crippen LogP contribution in [0.2, 0.25) is 0 Å². The van der Waals surface area contributed by atoms with E-state index in [9.17, 15) is 19.5 Å². The van der Waals surface area contributed by atoms with E-state index in [2.05, 4.69) is 0 Å². The normalized spacial score (nSPS) is 12.9. The van der Waals surface area contributed by atoms with Gasteiger partial charge < -0.3 is 24.1 Å². The molecule has 0 radical (unpaired) electrons. The average Bonchev–Trinajstić information content (AvgIpc) is 2.68. The Bertz CT molecular complexity index is 1160. The van der Waals surface area contributed by atoms with Crippen LogP contribution >= 0.6 is 0 Å².